The number of fused-ring (bicyclic) bond motifs is 1. The van der Waals surface area contributed by atoms with E-state index in [0.717, 1.165) is 6.07 Å². The van der Waals surface area contributed by atoms with E-state index < -0.39 is 11.6 Å². The molecule has 0 radical (unpaired) electrons. The number of imidazole rings is 1. The minimum atomic E-state index is -0.877. The van der Waals surface area contributed by atoms with Crippen LogP contribution in [0.1, 0.15) is 19.2 Å². The van der Waals surface area contributed by atoms with Crippen LogP contribution in [0.3, 0.4) is 0 Å². The fourth-order valence-electron chi connectivity index (χ4n) is 2.02. The number of ether oxygens (including phenoxy) is 1. The molecule has 0 aliphatic rings. The molecule has 0 aliphatic carbocycles. The van der Waals surface area contributed by atoms with Crippen molar-refractivity contribution in [1.29, 1.82) is 0 Å². The van der Waals surface area contributed by atoms with Crippen LogP contribution in [0.15, 0.2) is 12.1 Å². The van der Waals surface area contributed by atoms with Gasteiger partial charge in [-0.3, -0.25) is 0 Å². The van der Waals surface area contributed by atoms with Gasteiger partial charge in [0.2, 0.25) is 0 Å². The molecule has 0 saturated heterocycles. The molecule has 1 aromatic heterocycles. The summed E-state index contributed by atoms with van der Waals surface area (Å²) in [6.45, 7) is 3.61. The average Bonchev–Trinajstić information content (AvgIpc) is 2.78. The molecule has 0 bridgehead atoms. The summed E-state index contributed by atoms with van der Waals surface area (Å²) >= 11 is 5.80. The van der Waals surface area contributed by atoms with E-state index in [9.17, 15) is 8.78 Å². The van der Waals surface area contributed by atoms with Crippen molar-refractivity contribution in [2.45, 2.75) is 25.8 Å². The molecule has 0 fully saturated rings. The molecule has 0 spiro atoms. The van der Waals surface area contributed by atoms with Gasteiger partial charge < -0.3 is 9.30 Å². The van der Waals surface area contributed by atoms with E-state index in [2.05, 4.69) is 4.98 Å². The molecule has 0 unspecified atom stereocenters. The minimum Gasteiger partial charge on any atom is -0.382 e. The monoisotopic (exact) mass is 288 g/mol. The molecule has 0 atom stereocenters. The average molecular weight is 289 g/mol. The van der Waals surface area contributed by atoms with E-state index in [0.29, 0.717) is 37.5 Å². The molecule has 1 heterocycles. The summed E-state index contributed by atoms with van der Waals surface area (Å²) in [5.74, 6) is -1.06. The molecule has 0 amide bonds. The maximum atomic E-state index is 13.9. The summed E-state index contributed by atoms with van der Waals surface area (Å²) in [4.78, 5) is 4.22. The van der Waals surface area contributed by atoms with Gasteiger partial charge in [0.15, 0.2) is 11.6 Å². The quantitative estimate of drug-likeness (QED) is 0.601. The Kier molecular flexibility index (Phi) is 4.71. The van der Waals surface area contributed by atoms with Gasteiger partial charge in [0, 0.05) is 19.8 Å². The maximum absolute atomic E-state index is 13.9. The van der Waals surface area contributed by atoms with Crippen molar-refractivity contribution in [2.24, 2.45) is 0 Å². The molecule has 104 valence electrons. The number of rotatable bonds is 6. The van der Waals surface area contributed by atoms with Crippen molar-refractivity contribution in [3.8, 4) is 0 Å². The van der Waals surface area contributed by atoms with Crippen LogP contribution in [0.5, 0.6) is 0 Å². The van der Waals surface area contributed by atoms with E-state index in [1.165, 1.54) is 6.07 Å². The first kappa shape index (κ1) is 14.2. The Morgan fingerprint density at radius 2 is 2.16 bits per heavy atom. The highest BCUT2D eigenvalue weighted by atomic mass is 35.5. The van der Waals surface area contributed by atoms with Gasteiger partial charge in [-0.05, 0) is 25.5 Å². The zero-order valence-corrected chi connectivity index (χ0v) is 11.4. The predicted molar refractivity (Wildman–Crippen MR) is 70.3 cm³/mol. The number of aromatic nitrogens is 2. The largest absolute Gasteiger partial charge is 0.382 e. The van der Waals surface area contributed by atoms with Gasteiger partial charge in [-0.25, -0.2) is 13.8 Å². The number of hydrogen-bond acceptors (Lipinski definition) is 2. The van der Waals surface area contributed by atoms with E-state index in [-0.39, 0.29) is 11.4 Å². The van der Waals surface area contributed by atoms with Crippen molar-refractivity contribution in [3.63, 3.8) is 0 Å². The minimum absolute atomic E-state index is 0.157. The number of nitrogens with zero attached hydrogens (tertiary/aromatic N) is 2. The lowest BCUT2D eigenvalue weighted by molar-refractivity contribution is 0.141. The summed E-state index contributed by atoms with van der Waals surface area (Å²) in [5, 5.41) is 0. The summed E-state index contributed by atoms with van der Waals surface area (Å²) in [5.41, 5.74) is 0.595. The van der Waals surface area contributed by atoms with Gasteiger partial charge in [-0.1, -0.05) is 0 Å². The van der Waals surface area contributed by atoms with Crippen molar-refractivity contribution in [2.75, 3.05) is 13.2 Å². The Morgan fingerprint density at radius 1 is 1.37 bits per heavy atom. The molecule has 3 nitrogen and oxygen atoms in total. The van der Waals surface area contributed by atoms with Crippen LogP contribution in [0, 0.1) is 11.6 Å². The van der Waals surface area contributed by atoms with Crippen LogP contribution < -0.4 is 0 Å². The highest BCUT2D eigenvalue weighted by molar-refractivity contribution is 6.16. The summed E-state index contributed by atoms with van der Waals surface area (Å²) in [6.07, 6.45) is 0.694. The Bertz CT molecular complexity index is 571. The van der Waals surface area contributed by atoms with Crippen LogP contribution in [0.25, 0.3) is 11.0 Å². The van der Waals surface area contributed by atoms with Crippen LogP contribution in [-0.2, 0) is 17.2 Å². The number of aryl methyl sites for hydroxylation is 1. The summed E-state index contributed by atoms with van der Waals surface area (Å²) in [6, 6.07) is 2.54. The van der Waals surface area contributed by atoms with Gasteiger partial charge >= 0.3 is 0 Å². The van der Waals surface area contributed by atoms with Gasteiger partial charge in [-0.15, -0.1) is 11.6 Å². The number of halogens is 3. The normalized spacial score (nSPS) is 11.4. The van der Waals surface area contributed by atoms with E-state index >= 15 is 0 Å². The van der Waals surface area contributed by atoms with Gasteiger partial charge in [0.05, 0.1) is 11.4 Å². The Hall–Kier alpha value is -1.20. The van der Waals surface area contributed by atoms with Crippen LogP contribution in [0.4, 0.5) is 8.78 Å². The Balaban J connectivity index is 2.36. The zero-order chi connectivity index (χ0) is 13.8. The first-order valence-electron chi connectivity index (χ1n) is 6.15. The van der Waals surface area contributed by atoms with Gasteiger partial charge in [-0.2, -0.15) is 0 Å². The molecule has 19 heavy (non-hydrogen) atoms. The number of benzene rings is 1. The highest BCUT2D eigenvalue weighted by Crippen LogP contribution is 2.23. The molecule has 0 N–H and O–H groups in total. The second-order valence-electron chi connectivity index (χ2n) is 4.09. The Morgan fingerprint density at radius 3 is 2.84 bits per heavy atom. The second-order valence-corrected chi connectivity index (χ2v) is 4.36. The molecular weight excluding hydrogens is 274 g/mol. The maximum Gasteiger partial charge on any atom is 0.184 e. The molecule has 0 aliphatic heterocycles. The highest BCUT2D eigenvalue weighted by Gasteiger charge is 2.16. The van der Waals surface area contributed by atoms with Crippen LogP contribution in [-0.4, -0.2) is 22.8 Å². The van der Waals surface area contributed by atoms with E-state index in [4.69, 9.17) is 16.3 Å². The smallest absolute Gasteiger partial charge is 0.184 e. The van der Waals surface area contributed by atoms with Gasteiger partial charge in [0.25, 0.3) is 0 Å². The fourth-order valence-corrected chi connectivity index (χ4v) is 2.22. The van der Waals surface area contributed by atoms with Crippen molar-refractivity contribution >= 4 is 22.6 Å². The van der Waals surface area contributed by atoms with Crippen molar-refractivity contribution in [1.82, 2.24) is 9.55 Å². The Labute approximate surface area is 115 Å². The summed E-state index contributed by atoms with van der Waals surface area (Å²) in [7, 11) is 0. The van der Waals surface area contributed by atoms with Crippen LogP contribution >= 0.6 is 11.6 Å². The molecule has 2 aromatic rings. The standard InChI is InChI=1S/C13H15ClF2N2O/c1-2-19-7-3-6-18-11(8-14)17-10-5-4-9(15)12(16)13(10)18/h4-5H,2-3,6-8H2,1H3. The second kappa shape index (κ2) is 6.30. The lowest BCUT2D eigenvalue weighted by Crippen LogP contribution is -2.07. The third-order valence-corrected chi connectivity index (χ3v) is 3.11. The molecule has 6 heteroatoms. The first-order chi connectivity index (χ1) is 9.19. The number of hydrogen-bond donors (Lipinski definition) is 0. The lowest BCUT2D eigenvalue weighted by atomic mass is 10.3. The molecular formula is C13H15ClF2N2O. The first-order valence-corrected chi connectivity index (χ1v) is 6.69. The fraction of sp³-hybridized carbons (Fsp3) is 0.462. The van der Waals surface area contributed by atoms with Crippen molar-refractivity contribution < 1.29 is 13.5 Å². The third-order valence-electron chi connectivity index (χ3n) is 2.87. The summed E-state index contributed by atoms with van der Waals surface area (Å²) < 4.78 is 34.0. The zero-order valence-electron chi connectivity index (χ0n) is 10.6. The SMILES string of the molecule is CCOCCCn1c(CCl)nc2ccc(F)c(F)c21. The van der Waals surface area contributed by atoms with E-state index in [1.807, 2.05) is 6.92 Å². The number of alkyl halides is 1. The molecule has 1 aromatic carbocycles. The van der Waals surface area contributed by atoms with E-state index in [1.54, 1.807) is 4.57 Å². The molecule has 0 saturated carbocycles. The van der Waals surface area contributed by atoms with Crippen LogP contribution in [0.2, 0.25) is 0 Å². The molecule has 2 rings (SSSR count). The predicted octanol–water partition coefficient (Wildman–Crippen LogP) is 3.48. The topological polar surface area (TPSA) is 27.1 Å². The lowest BCUT2D eigenvalue weighted by Gasteiger charge is -2.08. The third kappa shape index (κ3) is 2.87. The van der Waals surface area contributed by atoms with Crippen molar-refractivity contribution in [3.05, 3.63) is 29.6 Å². The van der Waals surface area contributed by atoms with Gasteiger partial charge in [0.1, 0.15) is 11.3 Å².